The smallest absolute Gasteiger partial charge is 0.322 e. The number of nitrogens with zero attached hydrogens (tertiary/aromatic N) is 2. The van der Waals surface area contributed by atoms with Crippen LogP contribution in [0.2, 0.25) is 6.04 Å². The molecule has 1 aromatic carbocycles. The Labute approximate surface area is 163 Å². The van der Waals surface area contributed by atoms with Crippen molar-refractivity contribution in [2.75, 3.05) is 54.2 Å². The van der Waals surface area contributed by atoms with E-state index in [0.717, 1.165) is 30.5 Å². The van der Waals surface area contributed by atoms with E-state index in [1.54, 1.807) is 7.11 Å². The zero-order valence-corrected chi connectivity index (χ0v) is 18.5. The van der Waals surface area contributed by atoms with Gasteiger partial charge in [0.2, 0.25) is 5.12 Å². The average molecular weight is 401 g/mol. The van der Waals surface area contributed by atoms with E-state index in [-0.39, 0.29) is 18.0 Å². The topological polar surface area (TPSA) is 51.2 Å². The largest absolute Gasteiger partial charge is 0.485 e. The number of hydrogen-bond acceptors (Lipinski definition) is 7. The second-order valence-corrected chi connectivity index (χ2v) is 9.78. The Morgan fingerprint density at radius 1 is 1.19 bits per heavy atom. The standard InChI is InChI=1S/C18H32N2O4SSi/c1-19(2)14-17(20(3)4)24-26(22-5)13-9-12-25-18(21)15-23-16-10-7-6-8-11-16/h6-8,10-11,17,26H,9,12-15H2,1-5H3. The maximum atomic E-state index is 11.9. The highest BCUT2D eigenvalue weighted by molar-refractivity contribution is 8.13. The Kier molecular flexibility index (Phi) is 11.8. The molecule has 1 aromatic rings. The van der Waals surface area contributed by atoms with E-state index < -0.39 is 9.28 Å². The van der Waals surface area contributed by atoms with Gasteiger partial charge in [-0.3, -0.25) is 9.69 Å². The maximum absolute atomic E-state index is 11.9. The monoisotopic (exact) mass is 400 g/mol. The Balaban J connectivity index is 2.23. The van der Waals surface area contributed by atoms with E-state index in [1.807, 2.05) is 58.5 Å². The number of ether oxygens (including phenoxy) is 1. The molecule has 0 saturated heterocycles. The highest BCUT2D eigenvalue weighted by Crippen LogP contribution is 2.13. The van der Waals surface area contributed by atoms with Gasteiger partial charge in [0.1, 0.15) is 12.0 Å². The van der Waals surface area contributed by atoms with Gasteiger partial charge >= 0.3 is 9.28 Å². The maximum Gasteiger partial charge on any atom is 0.322 e. The second-order valence-electron chi connectivity index (χ2n) is 6.45. The normalized spacial score (nSPS) is 13.8. The minimum Gasteiger partial charge on any atom is -0.485 e. The number of rotatable bonds is 13. The Morgan fingerprint density at radius 3 is 2.46 bits per heavy atom. The van der Waals surface area contributed by atoms with E-state index in [2.05, 4.69) is 9.80 Å². The Morgan fingerprint density at radius 2 is 1.88 bits per heavy atom. The van der Waals surface area contributed by atoms with Gasteiger partial charge in [0, 0.05) is 19.4 Å². The minimum atomic E-state index is -1.74. The summed E-state index contributed by atoms with van der Waals surface area (Å²) in [4.78, 5) is 16.1. The number of benzene rings is 1. The number of para-hydroxylation sites is 1. The lowest BCUT2D eigenvalue weighted by molar-refractivity contribution is -0.112. The molecule has 148 valence electrons. The molecular weight excluding hydrogens is 368 g/mol. The molecule has 26 heavy (non-hydrogen) atoms. The molecule has 2 unspecified atom stereocenters. The Bertz CT molecular complexity index is 505. The van der Waals surface area contributed by atoms with Crippen molar-refractivity contribution in [1.82, 2.24) is 9.80 Å². The molecular formula is C18H32N2O4SSi. The fourth-order valence-corrected chi connectivity index (χ4v) is 4.87. The molecule has 0 bridgehead atoms. The lowest BCUT2D eigenvalue weighted by Gasteiger charge is -2.30. The lowest BCUT2D eigenvalue weighted by Crippen LogP contribution is -2.43. The van der Waals surface area contributed by atoms with Gasteiger partial charge in [0.25, 0.3) is 0 Å². The van der Waals surface area contributed by atoms with Crippen LogP contribution in [0.5, 0.6) is 5.75 Å². The highest BCUT2D eigenvalue weighted by atomic mass is 32.2. The molecule has 0 aliphatic heterocycles. The highest BCUT2D eigenvalue weighted by Gasteiger charge is 2.21. The van der Waals surface area contributed by atoms with Crippen LogP contribution in [-0.2, 0) is 13.6 Å². The van der Waals surface area contributed by atoms with Crippen molar-refractivity contribution in [1.29, 1.82) is 0 Å². The van der Waals surface area contributed by atoms with Crippen LogP contribution in [0.15, 0.2) is 30.3 Å². The van der Waals surface area contributed by atoms with E-state index in [4.69, 9.17) is 13.6 Å². The predicted octanol–water partition coefficient (Wildman–Crippen LogP) is 2.05. The van der Waals surface area contributed by atoms with Gasteiger partial charge in [-0.1, -0.05) is 30.0 Å². The van der Waals surface area contributed by atoms with Gasteiger partial charge in [-0.2, -0.15) is 0 Å². The van der Waals surface area contributed by atoms with Crippen LogP contribution < -0.4 is 4.74 Å². The van der Waals surface area contributed by atoms with E-state index in [0.29, 0.717) is 0 Å². The quantitative estimate of drug-likeness (QED) is 0.285. The van der Waals surface area contributed by atoms with Gasteiger partial charge in [0.05, 0.1) is 0 Å². The van der Waals surface area contributed by atoms with Crippen LogP contribution in [0.1, 0.15) is 6.42 Å². The van der Waals surface area contributed by atoms with E-state index in [1.165, 1.54) is 11.8 Å². The number of thioether (sulfide) groups is 1. The average Bonchev–Trinajstić information content (AvgIpc) is 2.62. The summed E-state index contributed by atoms with van der Waals surface area (Å²) in [5.74, 6) is 1.48. The van der Waals surface area contributed by atoms with E-state index in [9.17, 15) is 4.79 Å². The van der Waals surface area contributed by atoms with Gasteiger partial charge in [-0.25, -0.2) is 0 Å². The fourth-order valence-electron chi connectivity index (χ4n) is 2.19. The second kappa shape index (κ2) is 13.3. The number of carbonyl (C=O) groups is 1. The number of likely N-dealkylation sites (N-methyl/N-ethyl adjacent to an activating group) is 2. The molecule has 0 N–H and O–H groups in total. The molecule has 0 aromatic heterocycles. The molecule has 0 radical (unpaired) electrons. The van der Waals surface area contributed by atoms with Crippen LogP contribution in [0.4, 0.5) is 0 Å². The molecule has 0 aliphatic rings. The minimum absolute atomic E-state index is 0.0233. The molecule has 0 fully saturated rings. The summed E-state index contributed by atoms with van der Waals surface area (Å²) in [6.45, 7) is 0.922. The van der Waals surface area contributed by atoms with Crippen LogP contribution in [0.25, 0.3) is 0 Å². The molecule has 8 heteroatoms. The zero-order valence-electron chi connectivity index (χ0n) is 16.5. The zero-order chi connectivity index (χ0) is 19.4. The summed E-state index contributed by atoms with van der Waals surface area (Å²) in [5.41, 5.74) is 0. The molecule has 0 amide bonds. The van der Waals surface area contributed by atoms with Crippen LogP contribution >= 0.6 is 11.8 Å². The first kappa shape index (κ1) is 23.1. The molecule has 1 rings (SSSR count). The predicted molar refractivity (Wildman–Crippen MR) is 110 cm³/mol. The van der Waals surface area contributed by atoms with Crippen molar-refractivity contribution in [2.24, 2.45) is 0 Å². The molecule has 0 aliphatic carbocycles. The van der Waals surface area contributed by atoms with Gasteiger partial charge < -0.3 is 18.5 Å². The summed E-state index contributed by atoms with van der Waals surface area (Å²) in [5, 5.41) is 0.0455. The summed E-state index contributed by atoms with van der Waals surface area (Å²) in [7, 11) is 8.06. The van der Waals surface area contributed by atoms with Crippen LogP contribution in [0.3, 0.4) is 0 Å². The number of carbonyl (C=O) groups excluding carboxylic acids is 1. The first-order valence-corrected chi connectivity index (χ1v) is 11.5. The molecule has 0 saturated carbocycles. The third-order valence-corrected chi connectivity index (χ3v) is 6.57. The first-order chi connectivity index (χ1) is 12.4. The fraction of sp³-hybridized carbons (Fsp3) is 0.611. The number of hydrogen-bond donors (Lipinski definition) is 0. The van der Waals surface area contributed by atoms with E-state index >= 15 is 0 Å². The van der Waals surface area contributed by atoms with Crippen molar-refractivity contribution in [3.63, 3.8) is 0 Å². The van der Waals surface area contributed by atoms with Crippen molar-refractivity contribution in [3.8, 4) is 5.75 Å². The van der Waals surface area contributed by atoms with Gasteiger partial charge in [-0.15, -0.1) is 0 Å². The molecule has 2 atom stereocenters. The van der Waals surface area contributed by atoms with Crippen molar-refractivity contribution < 1.29 is 18.4 Å². The molecule has 0 heterocycles. The first-order valence-electron chi connectivity index (χ1n) is 8.75. The van der Waals surface area contributed by atoms with Gasteiger partial charge in [0.15, 0.2) is 6.61 Å². The Hall–Kier alpha value is -0.903. The summed E-state index contributed by atoms with van der Waals surface area (Å²) < 4.78 is 17.2. The van der Waals surface area contributed by atoms with Gasteiger partial charge in [-0.05, 0) is 52.8 Å². The van der Waals surface area contributed by atoms with Crippen molar-refractivity contribution in [2.45, 2.75) is 18.7 Å². The van der Waals surface area contributed by atoms with Crippen LogP contribution in [-0.4, -0.2) is 84.6 Å². The third kappa shape index (κ3) is 10.3. The lowest BCUT2D eigenvalue weighted by atomic mass is 10.3. The molecule has 0 spiro atoms. The third-order valence-electron chi connectivity index (χ3n) is 3.62. The summed E-state index contributed by atoms with van der Waals surface area (Å²) in [6, 6.07) is 10.3. The van der Waals surface area contributed by atoms with Crippen molar-refractivity contribution in [3.05, 3.63) is 30.3 Å². The molecule has 6 nitrogen and oxygen atoms in total. The van der Waals surface area contributed by atoms with Crippen molar-refractivity contribution >= 4 is 26.2 Å². The summed E-state index contributed by atoms with van der Waals surface area (Å²) >= 11 is 1.31. The summed E-state index contributed by atoms with van der Waals surface area (Å²) in [6.07, 6.45) is 0.921. The SMILES string of the molecule is CO[SiH](CCCSC(=O)COc1ccccc1)OC(CN(C)C)N(C)C. The van der Waals surface area contributed by atoms with Crippen LogP contribution in [0, 0.1) is 0 Å².